The minimum Gasteiger partial charge on any atom is -0.375 e. The summed E-state index contributed by atoms with van der Waals surface area (Å²) in [6.45, 7) is 3.82. The number of hydrogen-bond acceptors (Lipinski definition) is 3. The van der Waals surface area contributed by atoms with Gasteiger partial charge < -0.3 is 15.0 Å². The van der Waals surface area contributed by atoms with Crippen molar-refractivity contribution >= 4 is 11.6 Å². The summed E-state index contributed by atoms with van der Waals surface area (Å²) in [6, 6.07) is 4.77. The second kappa shape index (κ2) is 5.56. The fraction of sp³-hybridized carbons (Fsp3) is 0.611. The second-order valence-corrected chi connectivity index (χ2v) is 7.05. The highest BCUT2D eigenvalue weighted by Gasteiger charge is 2.49. The topological polar surface area (TPSA) is 41.6 Å². The number of nitrogens with one attached hydrogen (secondary N) is 1. The van der Waals surface area contributed by atoms with Crippen LogP contribution in [0.1, 0.15) is 38.2 Å². The molecule has 2 fully saturated rings. The van der Waals surface area contributed by atoms with Crippen molar-refractivity contribution in [2.75, 3.05) is 24.6 Å². The summed E-state index contributed by atoms with van der Waals surface area (Å²) in [5, 5.41) is 3.26. The van der Waals surface area contributed by atoms with Gasteiger partial charge in [-0.3, -0.25) is 4.79 Å². The fourth-order valence-corrected chi connectivity index (χ4v) is 4.56. The maximum absolute atomic E-state index is 14.6. The van der Waals surface area contributed by atoms with E-state index in [-0.39, 0.29) is 29.3 Å². The molecule has 0 bridgehead atoms. The number of halogens is 1. The van der Waals surface area contributed by atoms with E-state index in [1.54, 1.807) is 11.0 Å². The molecule has 2 heterocycles. The number of morpholine rings is 1. The molecule has 1 spiro atoms. The summed E-state index contributed by atoms with van der Waals surface area (Å²) in [7, 11) is 0. The third kappa shape index (κ3) is 2.29. The first kappa shape index (κ1) is 15.1. The summed E-state index contributed by atoms with van der Waals surface area (Å²) < 4.78 is 20.2. The zero-order valence-electron chi connectivity index (χ0n) is 13.5. The quantitative estimate of drug-likeness (QED) is 0.864. The van der Waals surface area contributed by atoms with E-state index < -0.39 is 0 Å². The zero-order chi connectivity index (χ0) is 16.0. The summed E-state index contributed by atoms with van der Waals surface area (Å²) in [5.41, 5.74) is 1.33. The Hall–Kier alpha value is -1.46. The molecule has 3 aliphatic rings. The largest absolute Gasteiger partial charge is 0.375 e. The van der Waals surface area contributed by atoms with Crippen LogP contribution >= 0.6 is 0 Å². The number of fused-ring (bicyclic) bond motifs is 2. The first-order valence-electron chi connectivity index (χ1n) is 8.58. The highest BCUT2D eigenvalue weighted by Crippen LogP contribution is 2.51. The molecule has 2 aliphatic heterocycles. The average molecular weight is 318 g/mol. The lowest BCUT2D eigenvalue weighted by molar-refractivity contribution is -0.126. The molecule has 1 saturated heterocycles. The molecule has 124 valence electrons. The number of carbonyl (C=O) groups is 1. The molecule has 0 radical (unpaired) electrons. The Morgan fingerprint density at radius 1 is 1.39 bits per heavy atom. The van der Waals surface area contributed by atoms with Gasteiger partial charge in [0.25, 0.3) is 0 Å². The molecule has 1 N–H and O–H groups in total. The Morgan fingerprint density at radius 2 is 2.17 bits per heavy atom. The van der Waals surface area contributed by atoms with Gasteiger partial charge in [0, 0.05) is 24.1 Å². The van der Waals surface area contributed by atoms with Crippen LogP contribution in [0.15, 0.2) is 18.2 Å². The Labute approximate surface area is 136 Å². The SMILES string of the molecule is C[C@H]1OCCN[C@@H]1C(=O)N1CC2(CCCC2)c2c(F)cccc21. The van der Waals surface area contributed by atoms with E-state index in [4.69, 9.17) is 4.74 Å². The number of hydrogen-bond donors (Lipinski definition) is 1. The van der Waals surface area contributed by atoms with Crippen LogP contribution in [0.25, 0.3) is 0 Å². The van der Waals surface area contributed by atoms with Crippen molar-refractivity contribution in [3.05, 3.63) is 29.6 Å². The van der Waals surface area contributed by atoms with Gasteiger partial charge in [0.15, 0.2) is 0 Å². The maximum atomic E-state index is 14.6. The van der Waals surface area contributed by atoms with Crippen LogP contribution in [0.5, 0.6) is 0 Å². The fourth-order valence-electron chi connectivity index (χ4n) is 4.56. The number of benzene rings is 1. The molecule has 4 nitrogen and oxygen atoms in total. The molecule has 1 amide bonds. The number of ether oxygens (including phenoxy) is 1. The van der Waals surface area contributed by atoms with Crippen LogP contribution in [-0.2, 0) is 14.9 Å². The molecule has 1 aromatic carbocycles. The second-order valence-electron chi connectivity index (χ2n) is 7.05. The van der Waals surface area contributed by atoms with Crippen molar-refractivity contribution in [1.82, 2.24) is 5.32 Å². The van der Waals surface area contributed by atoms with E-state index in [1.807, 2.05) is 13.0 Å². The first-order valence-corrected chi connectivity index (χ1v) is 8.58. The molecular formula is C18H23FN2O2. The molecule has 1 saturated carbocycles. The van der Waals surface area contributed by atoms with Gasteiger partial charge in [-0.1, -0.05) is 18.9 Å². The number of nitrogens with zero attached hydrogens (tertiary/aromatic N) is 1. The Balaban J connectivity index is 1.71. The van der Waals surface area contributed by atoms with E-state index in [2.05, 4.69) is 5.32 Å². The third-order valence-electron chi connectivity index (χ3n) is 5.68. The first-order chi connectivity index (χ1) is 11.1. The van der Waals surface area contributed by atoms with Crippen molar-refractivity contribution in [2.24, 2.45) is 0 Å². The highest BCUT2D eigenvalue weighted by molar-refractivity contribution is 6.00. The van der Waals surface area contributed by atoms with Crippen molar-refractivity contribution in [2.45, 2.75) is 50.2 Å². The van der Waals surface area contributed by atoms with E-state index in [0.717, 1.165) is 36.9 Å². The molecule has 4 rings (SSSR count). The van der Waals surface area contributed by atoms with Crippen molar-refractivity contribution in [1.29, 1.82) is 0 Å². The Morgan fingerprint density at radius 3 is 2.91 bits per heavy atom. The summed E-state index contributed by atoms with van der Waals surface area (Å²) in [6.07, 6.45) is 3.99. The Kier molecular flexibility index (Phi) is 3.65. The van der Waals surface area contributed by atoms with Gasteiger partial charge >= 0.3 is 0 Å². The minimum atomic E-state index is -0.351. The predicted molar refractivity (Wildman–Crippen MR) is 86.1 cm³/mol. The van der Waals surface area contributed by atoms with Crippen molar-refractivity contribution in [3.8, 4) is 0 Å². The monoisotopic (exact) mass is 318 g/mol. The van der Waals surface area contributed by atoms with Gasteiger partial charge in [-0.2, -0.15) is 0 Å². The van der Waals surface area contributed by atoms with Crippen LogP contribution in [-0.4, -0.2) is 37.7 Å². The highest BCUT2D eigenvalue weighted by atomic mass is 19.1. The van der Waals surface area contributed by atoms with Crippen LogP contribution < -0.4 is 10.2 Å². The van der Waals surface area contributed by atoms with Gasteiger partial charge in [0.2, 0.25) is 5.91 Å². The summed E-state index contributed by atoms with van der Waals surface area (Å²) in [5.74, 6) is -0.159. The predicted octanol–water partition coefficient (Wildman–Crippen LogP) is 2.36. The third-order valence-corrected chi connectivity index (χ3v) is 5.68. The number of rotatable bonds is 1. The van der Waals surface area contributed by atoms with Crippen LogP contribution in [0, 0.1) is 5.82 Å². The van der Waals surface area contributed by atoms with Crippen molar-refractivity contribution < 1.29 is 13.9 Å². The van der Waals surface area contributed by atoms with Gasteiger partial charge in [0.05, 0.1) is 18.4 Å². The Bertz CT molecular complexity index is 627. The van der Waals surface area contributed by atoms with Gasteiger partial charge in [0.1, 0.15) is 11.9 Å². The normalized spacial score (nSPS) is 29.0. The number of anilines is 1. The molecule has 2 atom stereocenters. The van der Waals surface area contributed by atoms with Gasteiger partial charge in [-0.05, 0) is 31.9 Å². The molecule has 23 heavy (non-hydrogen) atoms. The lowest BCUT2D eigenvalue weighted by atomic mass is 9.80. The average Bonchev–Trinajstić information content (AvgIpc) is 3.14. The smallest absolute Gasteiger partial charge is 0.246 e. The number of amides is 1. The van der Waals surface area contributed by atoms with Crippen LogP contribution in [0.4, 0.5) is 10.1 Å². The lowest BCUT2D eigenvalue weighted by Crippen LogP contribution is -2.56. The van der Waals surface area contributed by atoms with Crippen LogP contribution in [0.2, 0.25) is 0 Å². The zero-order valence-corrected chi connectivity index (χ0v) is 13.5. The summed E-state index contributed by atoms with van der Waals surface area (Å²) in [4.78, 5) is 14.9. The molecule has 0 aromatic heterocycles. The molecule has 5 heteroatoms. The lowest BCUT2D eigenvalue weighted by Gasteiger charge is -2.33. The van der Waals surface area contributed by atoms with Gasteiger partial charge in [-0.15, -0.1) is 0 Å². The number of carbonyl (C=O) groups excluding carboxylic acids is 1. The maximum Gasteiger partial charge on any atom is 0.246 e. The molecule has 1 aromatic rings. The molecular weight excluding hydrogens is 295 g/mol. The van der Waals surface area contributed by atoms with Gasteiger partial charge in [-0.25, -0.2) is 4.39 Å². The van der Waals surface area contributed by atoms with Crippen molar-refractivity contribution in [3.63, 3.8) is 0 Å². The molecule has 1 aliphatic carbocycles. The van der Waals surface area contributed by atoms with E-state index in [0.29, 0.717) is 19.7 Å². The van der Waals surface area contributed by atoms with E-state index in [1.165, 1.54) is 6.07 Å². The van der Waals surface area contributed by atoms with Crippen LogP contribution in [0.3, 0.4) is 0 Å². The van der Waals surface area contributed by atoms with E-state index >= 15 is 0 Å². The standard InChI is InChI=1S/C18H23FN2O2/c1-12-16(20-9-10-23-12)17(22)21-11-18(7-2-3-8-18)15-13(19)5-4-6-14(15)21/h4-6,12,16,20H,2-3,7-11H2,1H3/t12-,16+/m1/s1. The minimum absolute atomic E-state index is 0.00725. The van der Waals surface area contributed by atoms with E-state index in [9.17, 15) is 9.18 Å². The molecule has 0 unspecified atom stereocenters. The summed E-state index contributed by atoms with van der Waals surface area (Å²) >= 11 is 0.